The molecule has 0 bridgehead atoms. The average Bonchev–Trinajstić information content (AvgIpc) is 2.18. The molecule has 70 valence electrons. The maximum atomic E-state index is 11.1. The van der Waals surface area contributed by atoms with E-state index in [0.717, 1.165) is 0 Å². The highest BCUT2D eigenvalue weighted by atomic mass is 16.5. The SMILES string of the molecule is CCOc1ccccc1C(=O)NO. The first kappa shape index (κ1) is 9.54. The predicted octanol–water partition coefficient (Wildman–Crippen LogP) is 1.20. The minimum Gasteiger partial charge on any atom is -0.493 e. The maximum Gasteiger partial charge on any atom is 0.278 e. The Labute approximate surface area is 76.1 Å². The van der Waals surface area contributed by atoms with E-state index in [4.69, 9.17) is 9.94 Å². The normalized spacial score (nSPS) is 9.38. The van der Waals surface area contributed by atoms with Crippen molar-refractivity contribution < 1.29 is 14.7 Å². The zero-order chi connectivity index (χ0) is 9.68. The third-order valence-corrected chi connectivity index (χ3v) is 1.53. The van der Waals surface area contributed by atoms with E-state index in [1.54, 1.807) is 29.7 Å². The molecule has 0 spiro atoms. The van der Waals surface area contributed by atoms with Gasteiger partial charge in [-0.3, -0.25) is 10.0 Å². The highest BCUT2D eigenvalue weighted by Crippen LogP contribution is 2.17. The summed E-state index contributed by atoms with van der Waals surface area (Å²) >= 11 is 0. The Hall–Kier alpha value is -1.55. The van der Waals surface area contributed by atoms with Crippen LogP contribution in [0.2, 0.25) is 0 Å². The van der Waals surface area contributed by atoms with Gasteiger partial charge in [0.15, 0.2) is 0 Å². The van der Waals surface area contributed by atoms with Gasteiger partial charge < -0.3 is 4.74 Å². The van der Waals surface area contributed by atoms with E-state index in [-0.39, 0.29) is 0 Å². The van der Waals surface area contributed by atoms with Gasteiger partial charge in [-0.2, -0.15) is 0 Å². The molecule has 0 atom stereocenters. The number of hydroxylamine groups is 1. The van der Waals surface area contributed by atoms with Crippen molar-refractivity contribution >= 4 is 5.91 Å². The molecule has 13 heavy (non-hydrogen) atoms. The second kappa shape index (κ2) is 4.47. The number of benzene rings is 1. The largest absolute Gasteiger partial charge is 0.493 e. The quantitative estimate of drug-likeness (QED) is 0.544. The first-order valence-electron chi connectivity index (χ1n) is 3.95. The van der Waals surface area contributed by atoms with Crippen LogP contribution in [0.25, 0.3) is 0 Å². The van der Waals surface area contributed by atoms with Crippen LogP contribution in [0.5, 0.6) is 5.75 Å². The van der Waals surface area contributed by atoms with E-state index in [9.17, 15) is 4.79 Å². The molecule has 0 saturated heterocycles. The van der Waals surface area contributed by atoms with Gasteiger partial charge >= 0.3 is 0 Å². The molecule has 0 heterocycles. The summed E-state index contributed by atoms with van der Waals surface area (Å²) in [6.07, 6.45) is 0. The lowest BCUT2D eigenvalue weighted by atomic mass is 10.2. The minimum absolute atomic E-state index is 0.326. The van der Waals surface area contributed by atoms with Crippen LogP contribution in [-0.4, -0.2) is 17.7 Å². The van der Waals surface area contributed by atoms with Crippen LogP contribution in [0.4, 0.5) is 0 Å². The Morgan fingerprint density at radius 3 is 2.85 bits per heavy atom. The summed E-state index contributed by atoms with van der Waals surface area (Å²) in [7, 11) is 0. The lowest BCUT2D eigenvalue weighted by Crippen LogP contribution is -2.19. The molecular weight excluding hydrogens is 170 g/mol. The molecule has 0 fully saturated rings. The fourth-order valence-corrected chi connectivity index (χ4v) is 0.996. The molecule has 1 amide bonds. The number of hydrogen-bond donors (Lipinski definition) is 2. The van der Waals surface area contributed by atoms with E-state index in [2.05, 4.69) is 0 Å². The van der Waals surface area contributed by atoms with E-state index < -0.39 is 5.91 Å². The van der Waals surface area contributed by atoms with Gasteiger partial charge in [-0.15, -0.1) is 0 Å². The van der Waals surface area contributed by atoms with Gasteiger partial charge in [0, 0.05) is 0 Å². The van der Waals surface area contributed by atoms with Crippen LogP contribution in [0, 0.1) is 0 Å². The van der Waals surface area contributed by atoms with Crippen molar-refractivity contribution in [3.8, 4) is 5.75 Å². The molecule has 0 unspecified atom stereocenters. The highest BCUT2D eigenvalue weighted by Gasteiger charge is 2.09. The van der Waals surface area contributed by atoms with Gasteiger partial charge in [0.25, 0.3) is 5.91 Å². The first-order valence-corrected chi connectivity index (χ1v) is 3.95. The molecule has 0 saturated carbocycles. The van der Waals surface area contributed by atoms with E-state index in [0.29, 0.717) is 17.9 Å². The zero-order valence-electron chi connectivity index (χ0n) is 7.28. The van der Waals surface area contributed by atoms with E-state index in [1.807, 2.05) is 6.92 Å². The standard InChI is InChI=1S/C9H11NO3/c1-2-13-8-6-4-3-5-7(8)9(11)10-12/h3-6,12H,2H2,1H3,(H,10,11). The highest BCUT2D eigenvalue weighted by molar-refractivity contribution is 5.96. The number of carbonyl (C=O) groups is 1. The van der Waals surface area contributed by atoms with Crippen molar-refractivity contribution in [2.45, 2.75) is 6.92 Å². The lowest BCUT2D eigenvalue weighted by Gasteiger charge is -2.07. The molecule has 2 N–H and O–H groups in total. The summed E-state index contributed by atoms with van der Waals surface area (Å²) in [4.78, 5) is 11.1. The molecule has 1 rings (SSSR count). The first-order chi connectivity index (χ1) is 6.29. The monoisotopic (exact) mass is 181 g/mol. The predicted molar refractivity (Wildman–Crippen MR) is 46.9 cm³/mol. The number of ether oxygens (including phenoxy) is 1. The van der Waals surface area contributed by atoms with Gasteiger partial charge in [-0.1, -0.05) is 12.1 Å². The molecule has 1 aromatic carbocycles. The van der Waals surface area contributed by atoms with Crippen LogP contribution in [-0.2, 0) is 0 Å². The summed E-state index contributed by atoms with van der Waals surface area (Å²) in [5.74, 6) is -0.0967. The van der Waals surface area contributed by atoms with Gasteiger partial charge in [-0.05, 0) is 19.1 Å². The molecule has 1 aromatic rings. The van der Waals surface area contributed by atoms with Gasteiger partial charge in [0.05, 0.1) is 12.2 Å². The number of rotatable bonds is 3. The summed E-state index contributed by atoms with van der Waals surface area (Å²) in [5, 5.41) is 8.43. The molecule has 0 aliphatic heterocycles. The summed E-state index contributed by atoms with van der Waals surface area (Å²) < 4.78 is 5.19. The minimum atomic E-state index is -0.566. The Morgan fingerprint density at radius 2 is 2.23 bits per heavy atom. The topological polar surface area (TPSA) is 58.6 Å². The molecular formula is C9H11NO3. The van der Waals surface area contributed by atoms with E-state index >= 15 is 0 Å². The average molecular weight is 181 g/mol. The maximum absolute atomic E-state index is 11.1. The van der Waals surface area contributed by atoms with Crippen LogP contribution in [0.15, 0.2) is 24.3 Å². The van der Waals surface area contributed by atoms with Crippen LogP contribution >= 0.6 is 0 Å². The second-order valence-corrected chi connectivity index (χ2v) is 2.37. The van der Waals surface area contributed by atoms with Crippen LogP contribution in [0.3, 0.4) is 0 Å². The van der Waals surface area contributed by atoms with Crippen LogP contribution in [0.1, 0.15) is 17.3 Å². The molecule has 0 aliphatic rings. The smallest absolute Gasteiger partial charge is 0.278 e. The summed E-state index contributed by atoms with van der Waals surface area (Å²) in [5.41, 5.74) is 1.89. The Balaban J connectivity index is 2.97. The van der Waals surface area contributed by atoms with Crippen molar-refractivity contribution in [1.82, 2.24) is 5.48 Å². The Bertz CT molecular complexity index is 299. The third-order valence-electron chi connectivity index (χ3n) is 1.53. The zero-order valence-corrected chi connectivity index (χ0v) is 7.28. The molecule has 4 nitrogen and oxygen atoms in total. The second-order valence-electron chi connectivity index (χ2n) is 2.37. The van der Waals surface area contributed by atoms with Crippen molar-refractivity contribution in [3.63, 3.8) is 0 Å². The fourth-order valence-electron chi connectivity index (χ4n) is 0.996. The number of carbonyl (C=O) groups excluding carboxylic acids is 1. The summed E-state index contributed by atoms with van der Waals surface area (Å²) in [6.45, 7) is 2.31. The summed E-state index contributed by atoms with van der Waals surface area (Å²) in [6, 6.07) is 6.72. The van der Waals surface area contributed by atoms with E-state index in [1.165, 1.54) is 0 Å². The van der Waals surface area contributed by atoms with Crippen molar-refractivity contribution in [2.75, 3.05) is 6.61 Å². The van der Waals surface area contributed by atoms with Gasteiger partial charge in [0.2, 0.25) is 0 Å². The van der Waals surface area contributed by atoms with Crippen LogP contribution < -0.4 is 10.2 Å². The molecule has 4 heteroatoms. The molecule has 0 radical (unpaired) electrons. The Kier molecular flexibility index (Phi) is 3.28. The number of para-hydroxylation sites is 1. The number of hydrogen-bond acceptors (Lipinski definition) is 3. The van der Waals surface area contributed by atoms with Gasteiger partial charge in [0.1, 0.15) is 5.75 Å². The number of amides is 1. The van der Waals surface area contributed by atoms with Crippen molar-refractivity contribution in [2.24, 2.45) is 0 Å². The van der Waals surface area contributed by atoms with Gasteiger partial charge in [-0.25, -0.2) is 5.48 Å². The van der Waals surface area contributed by atoms with Crippen molar-refractivity contribution in [3.05, 3.63) is 29.8 Å². The van der Waals surface area contributed by atoms with Crippen molar-refractivity contribution in [1.29, 1.82) is 0 Å². The third kappa shape index (κ3) is 2.19. The fraction of sp³-hybridized carbons (Fsp3) is 0.222. The molecule has 0 aliphatic carbocycles. The lowest BCUT2D eigenvalue weighted by molar-refractivity contribution is 0.0702. The Morgan fingerprint density at radius 1 is 1.54 bits per heavy atom. The number of nitrogens with one attached hydrogen (secondary N) is 1. The molecule has 0 aromatic heterocycles.